The molecule has 0 radical (unpaired) electrons. The highest BCUT2D eigenvalue weighted by Gasteiger charge is 2.52. The van der Waals surface area contributed by atoms with Crippen LogP contribution in [0.3, 0.4) is 0 Å². The van der Waals surface area contributed by atoms with Crippen LogP contribution in [-0.4, -0.2) is 32.1 Å². The quantitative estimate of drug-likeness (QED) is 0.373. The molecule has 0 bridgehead atoms. The van der Waals surface area contributed by atoms with E-state index in [1.807, 2.05) is 54.6 Å². The Labute approximate surface area is 204 Å². The molecule has 1 fully saturated rings. The van der Waals surface area contributed by atoms with Gasteiger partial charge in [0.05, 0.1) is 25.7 Å². The number of methoxy groups -OCH3 is 2. The Kier molecular flexibility index (Phi) is 6.89. The molecule has 0 aliphatic carbocycles. The number of hydrogen-bond acceptors (Lipinski definition) is 5. The Morgan fingerprint density at radius 3 is 2.17 bits per heavy atom. The zero-order chi connectivity index (χ0) is 25.2. The van der Waals surface area contributed by atoms with Gasteiger partial charge in [0, 0.05) is 11.7 Å². The lowest BCUT2D eigenvalue weighted by Gasteiger charge is -2.50. The molecule has 3 aromatic carbocycles. The summed E-state index contributed by atoms with van der Waals surface area (Å²) in [4.78, 5) is 28.0. The van der Waals surface area contributed by atoms with Crippen LogP contribution in [0, 0.1) is 11.2 Å². The Bertz CT molecular complexity index is 1180. The lowest BCUT2D eigenvalue weighted by atomic mass is 9.78. The zero-order valence-corrected chi connectivity index (χ0v) is 20.2. The zero-order valence-electron chi connectivity index (χ0n) is 20.2. The van der Waals surface area contributed by atoms with Crippen molar-refractivity contribution in [2.75, 3.05) is 19.1 Å². The highest BCUT2D eigenvalue weighted by Crippen LogP contribution is 2.43. The Morgan fingerprint density at radius 2 is 1.60 bits per heavy atom. The number of ether oxygens (including phenoxy) is 2. The molecule has 0 unspecified atom stereocenters. The number of rotatable bonds is 8. The normalized spacial score (nSPS) is 18.5. The first-order valence-corrected chi connectivity index (χ1v) is 11.4. The maximum atomic E-state index is 13.7. The second kappa shape index (κ2) is 9.88. The minimum absolute atomic E-state index is 0.128. The molecule has 1 saturated heterocycles. The van der Waals surface area contributed by atoms with Crippen molar-refractivity contribution in [1.29, 1.82) is 0 Å². The van der Waals surface area contributed by atoms with Crippen LogP contribution in [0.1, 0.15) is 37.1 Å². The number of nitrogens with one attached hydrogen (secondary N) is 1. The fraction of sp³-hybridized carbons (Fsp3) is 0.286. The van der Waals surface area contributed by atoms with Gasteiger partial charge >= 0.3 is 5.97 Å². The number of β-lactam (4-membered cyclic amide) rings is 1. The summed E-state index contributed by atoms with van der Waals surface area (Å²) in [5.74, 6) is -0.244. The number of hydrogen-bond donors (Lipinski definition) is 1. The number of halogens is 1. The minimum atomic E-state index is -1.03. The molecule has 0 aromatic heterocycles. The van der Waals surface area contributed by atoms with Gasteiger partial charge in [0.1, 0.15) is 17.6 Å². The number of carbonyl (C=O) groups is 2. The largest absolute Gasteiger partial charge is 0.497 e. The van der Waals surface area contributed by atoms with Crippen molar-refractivity contribution in [2.45, 2.75) is 32.0 Å². The SMILES string of the molecule is COC(=O)C(C)(C)[C@@H](N[C@H]1C(=O)N(c2ccc(OC)cc2)[C@@H]1c1ccccc1)c1ccc(F)cc1. The van der Waals surface area contributed by atoms with Gasteiger partial charge in [0.2, 0.25) is 5.91 Å². The molecule has 1 N–H and O–H groups in total. The third kappa shape index (κ3) is 4.64. The third-order valence-corrected chi connectivity index (χ3v) is 6.57. The van der Waals surface area contributed by atoms with E-state index in [4.69, 9.17) is 9.47 Å². The molecule has 1 amide bonds. The van der Waals surface area contributed by atoms with E-state index < -0.39 is 23.5 Å². The van der Waals surface area contributed by atoms with E-state index >= 15 is 0 Å². The first kappa shape index (κ1) is 24.4. The summed E-state index contributed by atoms with van der Waals surface area (Å²) in [5.41, 5.74) is 1.35. The Hall–Kier alpha value is -3.71. The van der Waals surface area contributed by atoms with Crippen LogP contribution in [0.5, 0.6) is 5.75 Å². The Balaban J connectivity index is 1.72. The molecular weight excluding hydrogens is 447 g/mol. The summed E-state index contributed by atoms with van der Waals surface area (Å²) in [6.07, 6.45) is 0. The number of esters is 1. The molecule has 3 aromatic rings. The van der Waals surface area contributed by atoms with Gasteiger partial charge in [-0.2, -0.15) is 0 Å². The van der Waals surface area contributed by atoms with Crippen LogP contribution in [0.15, 0.2) is 78.9 Å². The van der Waals surface area contributed by atoms with Gasteiger partial charge in [-0.3, -0.25) is 14.9 Å². The van der Waals surface area contributed by atoms with Crippen LogP contribution in [0.2, 0.25) is 0 Å². The number of benzene rings is 3. The predicted octanol–water partition coefficient (Wildman–Crippen LogP) is 4.82. The average molecular weight is 477 g/mol. The molecule has 0 spiro atoms. The van der Waals surface area contributed by atoms with Crippen LogP contribution in [0.25, 0.3) is 0 Å². The van der Waals surface area contributed by atoms with E-state index in [1.54, 1.807) is 38.0 Å². The number of carbonyl (C=O) groups excluding carboxylic acids is 2. The van der Waals surface area contributed by atoms with Crippen molar-refractivity contribution in [3.63, 3.8) is 0 Å². The number of anilines is 1. The summed E-state index contributed by atoms with van der Waals surface area (Å²) in [5, 5.41) is 3.43. The highest BCUT2D eigenvalue weighted by molar-refractivity contribution is 6.06. The van der Waals surface area contributed by atoms with E-state index in [0.29, 0.717) is 11.3 Å². The predicted molar refractivity (Wildman–Crippen MR) is 132 cm³/mol. The van der Waals surface area contributed by atoms with Crippen LogP contribution in [-0.2, 0) is 14.3 Å². The molecule has 7 heteroatoms. The fourth-order valence-electron chi connectivity index (χ4n) is 4.61. The second-order valence-corrected chi connectivity index (χ2v) is 9.10. The van der Waals surface area contributed by atoms with Crippen molar-refractivity contribution in [3.8, 4) is 5.75 Å². The summed E-state index contributed by atoms with van der Waals surface area (Å²) >= 11 is 0. The van der Waals surface area contributed by atoms with Crippen molar-refractivity contribution in [2.24, 2.45) is 5.41 Å². The van der Waals surface area contributed by atoms with Gasteiger partial charge in [-0.25, -0.2) is 4.39 Å². The van der Waals surface area contributed by atoms with Gasteiger partial charge in [-0.1, -0.05) is 42.5 Å². The van der Waals surface area contributed by atoms with Crippen molar-refractivity contribution >= 4 is 17.6 Å². The first-order valence-electron chi connectivity index (χ1n) is 11.4. The first-order chi connectivity index (χ1) is 16.8. The summed E-state index contributed by atoms with van der Waals surface area (Å²) in [7, 11) is 2.92. The molecule has 0 saturated carbocycles. The topological polar surface area (TPSA) is 67.9 Å². The number of nitrogens with zero attached hydrogens (tertiary/aromatic N) is 1. The third-order valence-electron chi connectivity index (χ3n) is 6.57. The van der Waals surface area contributed by atoms with Crippen molar-refractivity contribution < 1.29 is 23.5 Å². The maximum Gasteiger partial charge on any atom is 0.313 e. The fourth-order valence-corrected chi connectivity index (χ4v) is 4.61. The van der Waals surface area contributed by atoms with Crippen LogP contribution in [0.4, 0.5) is 10.1 Å². The van der Waals surface area contributed by atoms with Crippen LogP contribution < -0.4 is 15.0 Å². The molecule has 3 atom stereocenters. The lowest BCUT2D eigenvalue weighted by Crippen LogP contribution is -2.66. The minimum Gasteiger partial charge on any atom is -0.497 e. The van der Waals surface area contributed by atoms with E-state index in [1.165, 1.54) is 19.2 Å². The summed E-state index contributed by atoms with van der Waals surface area (Å²) in [6.45, 7) is 3.50. The smallest absolute Gasteiger partial charge is 0.313 e. The molecule has 182 valence electrons. The van der Waals surface area contributed by atoms with Gasteiger partial charge in [0.15, 0.2) is 0 Å². The van der Waals surface area contributed by atoms with Gasteiger partial charge in [0.25, 0.3) is 0 Å². The van der Waals surface area contributed by atoms with Gasteiger partial charge < -0.3 is 14.4 Å². The molecule has 1 aliphatic rings. The van der Waals surface area contributed by atoms with Gasteiger partial charge in [-0.05, 0) is 61.4 Å². The Morgan fingerprint density at radius 1 is 0.971 bits per heavy atom. The lowest BCUT2D eigenvalue weighted by molar-refractivity contribution is -0.153. The van der Waals surface area contributed by atoms with Crippen molar-refractivity contribution in [1.82, 2.24) is 5.32 Å². The van der Waals surface area contributed by atoms with E-state index in [0.717, 1.165) is 11.3 Å². The van der Waals surface area contributed by atoms with E-state index in [2.05, 4.69) is 5.32 Å². The molecule has 6 nitrogen and oxygen atoms in total. The molecule has 1 aliphatic heterocycles. The monoisotopic (exact) mass is 476 g/mol. The van der Waals surface area contributed by atoms with Gasteiger partial charge in [-0.15, -0.1) is 0 Å². The average Bonchev–Trinajstić information content (AvgIpc) is 2.88. The van der Waals surface area contributed by atoms with E-state index in [9.17, 15) is 14.0 Å². The molecule has 35 heavy (non-hydrogen) atoms. The maximum absolute atomic E-state index is 13.7. The second-order valence-electron chi connectivity index (χ2n) is 9.10. The molecule has 4 rings (SSSR count). The number of amides is 1. The molecular formula is C28H29FN2O4. The summed E-state index contributed by atoms with van der Waals surface area (Å²) < 4.78 is 24.0. The van der Waals surface area contributed by atoms with E-state index in [-0.39, 0.29) is 17.8 Å². The van der Waals surface area contributed by atoms with Crippen molar-refractivity contribution in [3.05, 3.63) is 95.8 Å². The highest BCUT2D eigenvalue weighted by atomic mass is 19.1. The van der Waals surface area contributed by atoms with Crippen LogP contribution >= 0.6 is 0 Å². The standard InChI is InChI=1S/C28H29FN2O4/c1-28(2,27(33)35-4)25(19-10-12-20(29)13-11-19)30-23-24(18-8-6-5-7-9-18)31(26(23)32)21-14-16-22(34-3)17-15-21/h5-17,23-25,30H,1-4H3/t23-,24-,25+/m1/s1. The summed E-state index contributed by atoms with van der Waals surface area (Å²) in [6, 6.07) is 21.5. The molecule has 1 heterocycles.